The van der Waals surface area contributed by atoms with Gasteiger partial charge >= 0.3 is 0 Å². The number of ether oxygens (including phenoxy) is 3. The Balaban J connectivity index is 1.84. The number of aromatic nitrogens is 3. The predicted octanol–water partition coefficient (Wildman–Crippen LogP) is 5.19. The van der Waals surface area contributed by atoms with Crippen molar-refractivity contribution in [2.75, 3.05) is 32.4 Å². The predicted molar refractivity (Wildman–Crippen MR) is 131 cm³/mol. The lowest BCUT2D eigenvalue weighted by Gasteiger charge is -2.14. The first-order chi connectivity index (χ1) is 15.9. The quantitative estimate of drug-likeness (QED) is 0.297. The standard InChI is InChI=1S/C22H22Cl2N4O4S/c1-5-8-28-21(13-9-17(30-2)20(32-4)18(10-13)31-3)26-27-22(28)33-12-19(29)25-16-7-6-14(23)11-15(16)24/h5-7,9-11H,1,8,12H2,2-4H3,(H,25,29). The van der Waals surface area contributed by atoms with E-state index < -0.39 is 0 Å². The number of halogens is 2. The molecule has 0 aliphatic heterocycles. The number of methoxy groups -OCH3 is 3. The van der Waals surface area contributed by atoms with E-state index in [4.69, 9.17) is 37.4 Å². The molecule has 33 heavy (non-hydrogen) atoms. The molecule has 0 atom stereocenters. The molecule has 0 unspecified atom stereocenters. The van der Waals surface area contributed by atoms with Gasteiger partial charge in [0.2, 0.25) is 11.7 Å². The largest absolute Gasteiger partial charge is 0.493 e. The highest BCUT2D eigenvalue weighted by Gasteiger charge is 2.20. The van der Waals surface area contributed by atoms with Crippen molar-refractivity contribution in [1.82, 2.24) is 14.8 Å². The lowest BCUT2D eigenvalue weighted by molar-refractivity contribution is -0.113. The van der Waals surface area contributed by atoms with Crippen molar-refractivity contribution in [3.63, 3.8) is 0 Å². The first-order valence-electron chi connectivity index (χ1n) is 9.64. The summed E-state index contributed by atoms with van der Waals surface area (Å²) < 4.78 is 18.1. The minimum atomic E-state index is -0.244. The van der Waals surface area contributed by atoms with Crippen LogP contribution in [0.3, 0.4) is 0 Å². The fourth-order valence-electron chi connectivity index (χ4n) is 3.02. The summed E-state index contributed by atoms with van der Waals surface area (Å²) in [7, 11) is 4.63. The van der Waals surface area contributed by atoms with Crippen LogP contribution in [0.2, 0.25) is 10.0 Å². The maximum atomic E-state index is 12.5. The number of carbonyl (C=O) groups is 1. The lowest BCUT2D eigenvalue weighted by atomic mass is 10.1. The number of thioether (sulfide) groups is 1. The number of nitrogens with one attached hydrogen (secondary N) is 1. The van der Waals surface area contributed by atoms with E-state index in [1.54, 1.807) is 50.6 Å². The van der Waals surface area contributed by atoms with Crippen LogP contribution in [-0.2, 0) is 11.3 Å². The van der Waals surface area contributed by atoms with E-state index in [2.05, 4.69) is 22.1 Å². The van der Waals surface area contributed by atoms with Gasteiger partial charge in [-0.15, -0.1) is 16.8 Å². The highest BCUT2D eigenvalue weighted by Crippen LogP contribution is 2.41. The fraction of sp³-hybridized carbons (Fsp3) is 0.227. The Morgan fingerprint density at radius 2 is 1.82 bits per heavy atom. The summed E-state index contributed by atoms with van der Waals surface area (Å²) in [6.45, 7) is 4.25. The van der Waals surface area contributed by atoms with Gasteiger partial charge in [-0.25, -0.2) is 0 Å². The minimum absolute atomic E-state index is 0.101. The number of anilines is 1. The van der Waals surface area contributed by atoms with Gasteiger partial charge in [0, 0.05) is 17.1 Å². The number of nitrogens with zero attached hydrogens (tertiary/aromatic N) is 3. The number of carbonyl (C=O) groups excluding carboxylic acids is 1. The molecule has 3 aromatic rings. The third kappa shape index (κ3) is 5.73. The third-order valence-corrected chi connectivity index (χ3v) is 6.00. The Morgan fingerprint density at radius 1 is 1.12 bits per heavy atom. The number of allylic oxidation sites excluding steroid dienone is 1. The molecule has 3 rings (SSSR count). The second kappa shape index (κ2) is 11.3. The van der Waals surface area contributed by atoms with Gasteiger partial charge in [0.1, 0.15) is 0 Å². The maximum Gasteiger partial charge on any atom is 0.234 e. The van der Waals surface area contributed by atoms with Crippen LogP contribution in [0.4, 0.5) is 5.69 Å². The Labute approximate surface area is 205 Å². The summed E-state index contributed by atoms with van der Waals surface area (Å²) in [6.07, 6.45) is 1.72. The van der Waals surface area contributed by atoms with Crippen molar-refractivity contribution < 1.29 is 19.0 Å². The molecule has 0 bridgehead atoms. The Bertz CT molecular complexity index is 1140. The smallest absolute Gasteiger partial charge is 0.234 e. The minimum Gasteiger partial charge on any atom is -0.493 e. The lowest BCUT2D eigenvalue weighted by Crippen LogP contribution is -2.15. The highest BCUT2D eigenvalue weighted by atomic mass is 35.5. The molecule has 8 nitrogen and oxygen atoms in total. The number of rotatable bonds is 10. The zero-order valence-electron chi connectivity index (χ0n) is 18.2. The summed E-state index contributed by atoms with van der Waals surface area (Å²) in [5.41, 5.74) is 1.19. The van der Waals surface area contributed by atoms with Crippen molar-refractivity contribution in [3.05, 3.63) is 53.0 Å². The van der Waals surface area contributed by atoms with Crippen LogP contribution in [-0.4, -0.2) is 47.8 Å². The van der Waals surface area contributed by atoms with E-state index >= 15 is 0 Å². The average molecular weight is 509 g/mol. The zero-order valence-corrected chi connectivity index (χ0v) is 20.6. The molecule has 1 amide bonds. The summed E-state index contributed by atoms with van der Waals surface area (Å²) in [5.74, 6) is 1.89. The van der Waals surface area contributed by atoms with Gasteiger partial charge in [0.15, 0.2) is 22.5 Å². The topological polar surface area (TPSA) is 87.5 Å². The van der Waals surface area contributed by atoms with Crippen LogP contribution in [0.1, 0.15) is 0 Å². The molecule has 0 radical (unpaired) electrons. The molecule has 0 saturated carbocycles. The molecule has 0 aliphatic carbocycles. The third-order valence-electron chi connectivity index (χ3n) is 4.49. The van der Waals surface area contributed by atoms with Crippen molar-refractivity contribution >= 4 is 46.6 Å². The van der Waals surface area contributed by atoms with Crippen molar-refractivity contribution in [3.8, 4) is 28.6 Å². The number of benzene rings is 2. The summed E-state index contributed by atoms with van der Waals surface area (Å²) in [6, 6.07) is 8.44. The molecule has 11 heteroatoms. The Morgan fingerprint density at radius 3 is 2.39 bits per heavy atom. The molecule has 1 heterocycles. The second-order valence-electron chi connectivity index (χ2n) is 6.58. The molecule has 174 valence electrons. The molecule has 0 fully saturated rings. The van der Waals surface area contributed by atoms with Gasteiger partial charge in [-0.2, -0.15) is 0 Å². The molecule has 0 aliphatic rings. The average Bonchev–Trinajstić information content (AvgIpc) is 3.21. The zero-order chi connectivity index (χ0) is 24.0. The molecular formula is C22H22Cl2N4O4S. The normalized spacial score (nSPS) is 10.6. The van der Waals surface area contributed by atoms with E-state index in [1.807, 2.05) is 4.57 Å². The molecule has 1 N–H and O–H groups in total. The van der Waals surface area contributed by atoms with E-state index in [-0.39, 0.29) is 11.7 Å². The van der Waals surface area contributed by atoms with Crippen LogP contribution in [0.5, 0.6) is 17.2 Å². The molecule has 1 aromatic heterocycles. The van der Waals surface area contributed by atoms with Gasteiger partial charge < -0.3 is 19.5 Å². The van der Waals surface area contributed by atoms with Gasteiger partial charge in [0.25, 0.3) is 0 Å². The fourth-order valence-corrected chi connectivity index (χ4v) is 4.22. The van der Waals surface area contributed by atoms with Crippen LogP contribution in [0.15, 0.2) is 48.1 Å². The van der Waals surface area contributed by atoms with E-state index in [0.29, 0.717) is 56.1 Å². The second-order valence-corrected chi connectivity index (χ2v) is 8.37. The van der Waals surface area contributed by atoms with Crippen molar-refractivity contribution in [2.24, 2.45) is 0 Å². The summed E-state index contributed by atoms with van der Waals surface area (Å²) >= 11 is 13.3. The maximum absolute atomic E-state index is 12.5. The monoisotopic (exact) mass is 508 g/mol. The van der Waals surface area contributed by atoms with Gasteiger partial charge in [-0.3, -0.25) is 9.36 Å². The Hall–Kier alpha value is -2.88. The number of hydrogen-bond acceptors (Lipinski definition) is 7. The van der Waals surface area contributed by atoms with E-state index in [1.165, 1.54) is 18.9 Å². The number of hydrogen-bond donors (Lipinski definition) is 1. The van der Waals surface area contributed by atoms with Gasteiger partial charge in [0.05, 0.1) is 37.8 Å². The number of amides is 1. The summed E-state index contributed by atoms with van der Waals surface area (Å²) in [5, 5.41) is 12.8. The highest BCUT2D eigenvalue weighted by molar-refractivity contribution is 7.99. The SMILES string of the molecule is C=CCn1c(SCC(=O)Nc2ccc(Cl)cc2Cl)nnc1-c1cc(OC)c(OC)c(OC)c1. The van der Waals surface area contributed by atoms with Gasteiger partial charge in [-0.1, -0.05) is 41.0 Å². The van der Waals surface area contributed by atoms with Crippen molar-refractivity contribution in [1.29, 1.82) is 0 Å². The molecule has 2 aromatic carbocycles. The van der Waals surface area contributed by atoms with E-state index in [0.717, 1.165) is 0 Å². The first kappa shape index (κ1) is 24.8. The van der Waals surface area contributed by atoms with Crippen LogP contribution in [0, 0.1) is 0 Å². The van der Waals surface area contributed by atoms with Crippen LogP contribution >= 0.6 is 35.0 Å². The molecular weight excluding hydrogens is 487 g/mol. The summed E-state index contributed by atoms with van der Waals surface area (Å²) in [4.78, 5) is 12.5. The van der Waals surface area contributed by atoms with E-state index in [9.17, 15) is 4.79 Å². The molecule has 0 saturated heterocycles. The van der Waals surface area contributed by atoms with Crippen molar-refractivity contribution in [2.45, 2.75) is 11.7 Å². The van der Waals surface area contributed by atoms with Gasteiger partial charge in [-0.05, 0) is 30.3 Å². The molecule has 0 spiro atoms. The Kier molecular flexibility index (Phi) is 8.49. The van der Waals surface area contributed by atoms with Crippen LogP contribution < -0.4 is 19.5 Å². The van der Waals surface area contributed by atoms with Crippen LogP contribution in [0.25, 0.3) is 11.4 Å². The first-order valence-corrected chi connectivity index (χ1v) is 11.4.